The molecule has 3 amide bonds. The molecule has 2 aromatic carbocycles. The fourth-order valence-electron chi connectivity index (χ4n) is 6.92. The second-order valence-electron chi connectivity index (χ2n) is 17.1. The first-order chi connectivity index (χ1) is 30.5. The zero-order chi connectivity index (χ0) is 47.7. The molecule has 15 nitrogen and oxygen atoms in total. The number of carboxylic acid groups (broad SMARTS) is 1. The number of alkyl carbamates (subject to hydrolysis) is 1. The number of anilines is 1. The zero-order valence-corrected chi connectivity index (χ0v) is 36.4. The Morgan fingerprint density at radius 3 is 2.20 bits per heavy atom. The first-order valence-corrected chi connectivity index (χ1v) is 20.8. The van der Waals surface area contributed by atoms with Crippen molar-refractivity contribution < 1.29 is 60.1 Å². The van der Waals surface area contributed by atoms with Gasteiger partial charge in [0.25, 0.3) is 0 Å². The summed E-state index contributed by atoms with van der Waals surface area (Å²) in [7, 11) is 3.96. The van der Waals surface area contributed by atoms with E-state index in [1.807, 2.05) is 43.5 Å². The van der Waals surface area contributed by atoms with E-state index >= 15 is 0 Å². The fraction of sp³-hybridized carbons (Fsp3) is 0.477. The van der Waals surface area contributed by atoms with Gasteiger partial charge in [0.1, 0.15) is 11.6 Å². The Hall–Kier alpha value is -6.25. The number of carbonyl (C=O) groups is 4. The molecule has 0 spiro atoms. The number of amides is 3. The van der Waals surface area contributed by atoms with Gasteiger partial charge in [-0.3, -0.25) is 14.7 Å². The molecule has 0 bridgehead atoms. The average Bonchev–Trinajstić information content (AvgIpc) is 3.76. The molecule has 352 valence electrons. The number of ether oxygens (including phenoxy) is 2. The zero-order valence-electron chi connectivity index (χ0n) is 36.4. The maximum atomic E-state index is 14.5. The van der Waals surface area contributed by atoms with Gasteiger partial charge in [0.15, 0.2) is 5.82 Å². The molecule has 0 saturated heterocycles. The summed E-state index contributed by atoms with van der Waals surface area (Å²) in [6.07, 6.45) is 4.35. The number of pyridine rings is 1. The summed E-state index contributed by atoms with van der Waals surface area (Å²) in [6, 6.07) is 15.0. The Morgan fingerprint density at radius 1 is 0.908 bits per heavy atom. The van der Waals surface area contributed by atoms with Crippen molar-refractivity contribution in [2.24, 2.45) is 11.8 Å². The van der Waals surface area contributed by atoms with Crippen LogP contribution in [0, 0.1) is 11.8 Å². The normalized spacial score (nSPS) is 16.4. The van der Waals surface area contributed by atoms with Crippen molar-refractivity contribution in [3.8, 4) is 28.4 Å². The van der Waals surface area contributed by atoms with Gasteiger partial charge < -0.3 is 35.4 Å². The molecule has 21 heteroatoms. The topological polar surface area (TPSA) is 201 Å². The van der Waals surface area contributed by atoms with Crippen molar-refractivity contribution in [3.63, 3.8) is 0 Å². The van der Waals surface area contributed by atoms with Crippen LogP contribution < -0.4 is 20.7 Å². The number of benzene rings is 2. The van der Waals surface area contributed by atoms with Gasteiger partial charge in [-0.05, 0) is 114 Å². The lowest BCUT2D eigenvalue weighted by atomic mass is 9.81. The van der Waals surface area contributed by atoms with Crippen molar-refractivity contribution in [2.75, 3.05) is 39.1 Å². The molecule has 1 aliphatic carbocycles. The number of hydrogen-bond donors (Lipinski definition) is 5. The van der Waals surface area contributed by atoms with Gasteiger partial charge in [-0.25, -0.2) is 19.6 Å². The summed E-state index contributed by atoms with van der Waals surface area (Å²) < 4.78 is 95.6. The van der Waals surface area contributed by atoms with Crippen LogP contribution in [-0.4, -0.2) is 111 Å². The third-order valence-corrected chi connectivity index (χ3v) is 10.5. The molecule has 1 atom stereocenters. The summed E-state index contributed by atoms with van der Waals surface area (Å²) in [5.74, 6) is -25.2. The molecule has 0 radical (unpaired) electrons. The number of nitrogens with zero attached hydrogens (tertiary/aromatic N) is 4. The van der Waals surface area contributed by atoms with E-state index in [1.54, 1.807) is 39.1 Å². The lowest BCUT2D eigenvalue weighted by Gasteiger charge is -2.29. The van der Waals surface area contributed by atoms with Gasteiger partial charge in [0.2, 0.25) is 23.5 Å². The second-order valence-corrected chi connectivity index (χ2v) is 17.1. The van der Waals surface area contributed by atoms with Crippen molar-refractivity contribution >= 4 is 29.6 Å². The number of aromatic amines is 1. The summed E-state index contributed by atoms with van der Waals surface area (Å²) >= 11 is 0. The maximum absolute atomic E-state index is 14.5. The monoisotopic (exact) mass is 918 g/mol. The molecule has 5 rings (SSSR count). The van der Waals surface area contributed by atoms with Crippen LogP contribution in [0.1, 0.15) is 64.3 Å². The Labute approximate surface area is 371 Å². The minimum atomic E-state index is -6.39. The van der Waals surface area contributed by atoms with Gasteiger partial charge in [-0.1, -0.05) is 24.3 Å². The van der Waals surface area contributed by atoms with Crippen molar-refractivity contribution in [1.29, 1.82) is 0 Å². The Balaban J connectivity index is 1.29. The quantitative estimate of drug-likeness (QED) is 0.0467. The van der Waals surface area contributed by atoms with Crippen LogP contribution in [0.2, 0.25) is 0 Å². The SMILES string of the molecule is CN(C)CCCOc1ccc(-c2cccc(C[C@H](NC(=O)[C@H]3CC[C@H](CNC(=O)OC(C)(C)C)CC3)C(=O)Nc3ccc(-c4nc(C(F)(F)C(F)(F)C(F)(F)C(=O)O)n[nH]4)cc3)c2)cn1. The lowest BCUT2D eigenvalue weighted by Crippen LogP contribution is -2.56. The fourth-order valence-corrected chi connectivity index (χ4v) is 6.92. The van der Waals surface area contributed by atoms with Gasteiger partial charge in [0.05, 0.1) is 6.61 Å². The summed E-state index contributed by atoms with van der Waals surface area (Å²) in [4.78, 5) is 60.3. The highest BCUT2D eigenvalue weighted by Crippen LogP contribution is 2.50. The van der Waals surface area contributed by atoms with E-state index in [9.17, 15) is 45.5 Å². The highest BCUT2D eigenvalue weighted by atomic mass is 19.3. The molecule has 5 N–H and O–H groups in total. The van der Waals surface area contributed by atoms with Crippen molar-refractivity contribution in [2.45, 2.75) is 88.7 Å². The third kappa shape index (κ3) is 12.9. The highest BCUT2D eigenvalue weighted by Gasteiger charge is 2.77. The number of halogens is 6. The number of rotatable bonds is 19. The average molecular weight is 919 g/mol. The van der Waals surface area contributed by atoms with Crippen LogP contribution >= 0.6 is 0 Å². The van der Waals surface area contributed by atoms with E-state index in [0.29, 0.717) is 50.3 Å². The Kier molecular flexibility index (Phi) is 15.9. The number of aliphatic carboxylic acids is 1. The Morgan fingerprint density at radius 2 is 1.58 bits per heavy atom. The number of H-pyrrole nitrogens is 1. The van der Waals surface area contributed by atoms with Crippen LogP contribution in [0.15, 0.2) is 66.9 Å². The molecule has 4 aromatic rings. The lowest BCUT2D eigenvalue weighted by molar-refractivity contribution is -0.311. The molecule has 65 heavy (non-hydrogen) atoms. The first kappa shape index (κ1) is 49.8. The standard InChI is InChI=1S/C44H52F6N8O7/c1-41(2,3)65-40(63)52-24-26-10-12-29(13-11-26)36(59)54-33(23-27-8-6-9-30(22-27)31-16-19-34(51-25-31)64-21-7-20-58(4)5)37(60)53-32-17-14-28(15-18-32)35-55-38(57-56-35)42(45,46)44(49,50)43(47,48)39(61)62/h6,8-9,14-19,22,25-26,29,33H,7,10-13,20-21,23-24H2,1-5H3,(H,52,63)(H,53,60)(H,54,59)(H,61,62)(H,55,56,57)/t26-,29-,33-/m0/s1. The van der Waals surface area contributed by atoms with E-state index in [-0.39, 0.29) is 29.5 Å². The predicted octanol–water partition coefficient (Wildman–Crippen LogP) is 7.31. The van der Waals surface area contributed by atoms with Crippen LogP contribution in [0.25, 0.3) is 22.5 Å². The number of alkyl halides is 6. The largest absolute Gasteiger partial charge is 0.478 e. The van der Waals surface area contributed by atoms with Crippen LogP contribution in [-0.2, 0) is 31.5 Å². The van der Waals surface area contributed by atoms with Gasteiger partial charge in [-0.2, -0.15) is 31.4 Å². The molecule has 2 heterocycles. The summed E-state index contributed by atoms with van der Waals surface area (Å²) in [6.45, 7) is 7.05. The van der Waals surface area contributed by atoms with Gasteiger partial charge in [0, 0.05) is 54.5 Å². The van der Waals surface area contributed by atoms with E-state index in [2.05, 4.69) is 35.9 Å². The van der Waals surface area contributed by atoms with E-state index in [1.165, 1.54) is 24.3 Å². The number of carboxylic acids is 1. The molecule has 1 aliphatic rings. The molecule has 2 aromatic heterocycles. The molecule has 0 aliphatic heterocycles. The van der Waals surface area contributed by atoms with Gasteiger partial charge in [-0.15, -0.1) is 0 Å². The number of nitrogens with one attached hydrogen (secondary N) is 4. The van der Waals surface area contributed by atoms with Crippen molar-refractivity contribution in [1.82, 2.24) is 35.7 Å². The van der Waals surface area contributed by atoms with Crippen LogP contribution in [0.3, 0.4) is 0 Å². The van der Waals surface area contributed by atoms with E-state index < -0.39 is 64.9 Å². The van der Waals surface area contributed by atoms with Crippen LogP contribution in [0.5, 0.6) is 5.88 Å². The predicted molar refractivity (Wildman–Crippen MR) is 226 cm³/mol. The van der Waals surface area contributed by atoms with E-state index in [0.717, 1.165) is 24.1 Å². The molecular formula is C44H52F6N8O7. The van der Waals surface area contributed by atoms with Crippen molar-refractivity contribution in [3.05, 3.63) is 78.2 Å². The third-order valence-electron chi connectivity index (χ3n) is 10.5. The number of aromatic nitrogens is 4. The molecule has 1 saturated carbocycles. The van der Waals surface area contributed by atoms with Gasteiger partial charge >= 0.3 is 29.8 Å². The first-order valence-electron chi connectivity index (χ1n) is 20.8. The number of hydrogen-bond acceptors (Lipinski definition) is 10. The smallest absolute Gasteiger partial charge is 0.411 e. The molecule has 1 fully saturated rings. The second kappa shape index (κ2) is 20.7. The Bertz CT molecular complexity index is 2260. The number of carbonyl (C=O) groups excluding carboxylic acids is 3. The van der Waals surface area contributed by atoms with E-state index in [4.69, 9.17) is 14.6 Å². The molecular weight excluding hydrogens is 867 g/mol. The summed E-state index contributed by atoms with van der Waals surface area (Å²) in [5.41, 5.74) is 1.75. The highest BCUT2D eigenvalue weighted by molar-refractivity contribution is 5.98. The summed E-state index contributed by atoms with van der Waals surface area (Å²) in [5, 5.41) is 21.8. The minimum Gasteiger partial charge on any atom is -0.478 e. The van der Waals surface area contributed by atoms with Crippen LogP contribution in [0.4, 0.5) is 36.8 Å². The minimum absolute atomic E-state index is 0.0390. The maximum Gasteiger partial charge on any atom is 0.411 e. The molecule has 0 unspecified atom stereocenters.